The standard InChI is InChI=1S/C10H14BrNO3S/c1-2-12-8-10(11)16(13,14)15-9-6-4-3-5-7-9/h3-7,10,12H,2,8H2,1H3. The predicted octanol–water partition coefficient (Wildman–Crippen LogP) is 1.73. The summed E-state index contributed by atoms with van der Waals surface area (Å²) in [6.45, 7) is 2.93. The Hall–Kier alpha value is -0.590. The number of hydrogen-bond donors (Lipinski definition) is 1. The van der Waals surface area contributed by atoms with Gasteiger partial charge < -0.3 is 9.50 Å². The molecule has 1 aromatic carbocycles. The van der Waals surface area contributed by atoms with Gasteiger partial charge in [-0.1, -0.05) is 41.1 Å². The average molecular weight is 308 g/mol. The lowest BCUT2D eigenvalue weighted by atomic mass is 10.3. The zero-order chi connectivity index (χ0) is 12.0. The van der Waals surface area contributed by atoms with E-state index >= 15 is 0 Å². The SMILES string of the molecule is CCNCC(Br)S(=O)(=O)Oc1ccccc1. The van der Waals surface area contributed by atoms with E-state index in [0.717, 1.165) is 0 Å². The Labute approximate surface area is 104 Å². The molecule has 1 aromatic rings. The zero-order valence-corrected chi connectivity index (χ0v) is 11.3. The number of para-hydroxylation sites is 1. The molecular formula is C10H14BrNO3S. The first-order valence-electron chi connectivity index (χ1n) is 4.89. The first-order chi connectivity index (χ1) is 7.56. The zero-order valence-electron chi connectivity index (χ0n) is 8.89. The monoisotopic (exact) mass is 307 g/mol. The van der Waals surface area contributed by atoms with Crippen LogP contribution < -0.4 is 9.50 Å². The van der Waals surface area contributed by atoms with Gasteiger partial charge in [0, 0.05) is 6.54 Å². The van der Waals surface area contributed by atoms with Crippen LogP contribution in [-0.2, 0) is 10.1 Å². The summed E-state index contributed by atoms with van der Waals surface area (Å²) >= 11 is 3.08. The van der Waals surface area contributed by atoms with E-state index in [1.165, 1.54) is 0 Å². The third-order valence-electron chi connectivity index (χ3n) is 1.82. The molecule has 4 nitrogen and oxygen atoms in total. The van der Waals surface area contributed by atoms with Crippen LogP contribution in [-0.4, -0.2) is 25.7 Å². The second kappa shape index (κ2) is 6.22. The van der Waals surface area contributed by atoms with Crippen molar-refractivity contribution in [2.75, 3.05) is 13.1 Å². The first kappa shape index (κ1) is 13.5. The van der Waals surface area contributed by atoms with Crippen LogP contribution >= 0.6 is 15.9 Å². The molecule has 1 N–H and O–H groups in total. The van der Waals surface area contributed by atoms with Gasteiger partial charge in [-0.05, 0) is 18.7 Å². The molecule has 90 valence electrons. The smallest absolute Gasteiger partial charge is 0.323 e. The molecule has 6 heteroatoms. The van der Waals surface area contributed by atoms with Crippen LogP contribution in [0.2, 0.25) is 0 Å². The number of alkyl halides is 1. The molecule has 16 heavy (non-hydrogen) atoms. The lowest BCUT2D eigenvalue weighted by molar-refractivity contribution is 0.481. The van der Waals surface area contributed by atoms with Gasteiger partial charge in [0.2, 0.25) is 0 Å². The summed E-state index contributed by atoms with van der Waals surface area (Å²) in [4.78, 5) is 0. The van der Waals surface area contributed by atoms with Crippen molar-refractivity contribution in [2.24, 2.45) is 0 Å². The maximum atomic E-state index is 11.7. The van der Waals surface area contributed by atoms with E-state index in [0.29, 0.717) is 18.8 Å². The summed E-state index contributed by atoms with van der Waals surface area (Å²) in [5, 5.41) is 2.93. The third kappa shape index (κ3) is 4.11. The Kier molecular flexibility index (Phi) is 5.24. The van der Waals surface area contributed by atoms with Crippen molar-refractivity contribution in [3.8, 4) is 5.75 Å². The van der Waals surface area contributed by atoms with E-state index in [1.54, 1.807) is 30.3 Å². The van der Waals surface area contributed by atoms with Crippen LogP contribution in [0, 0.1) is 0 Å². The van der Waals surface area contributed by atoms with Crippen LogP contribution in [0.3, 0.4) is 0 Å². The number of nitrogens with one attached hydrogen (secondary N) is 1. The Morgan fingerprint density at radius 3 is 2.56 bits per heavy atom. The van der Waals surface area contributed by atoms with Crippen molar-refractivity contribution in [3.05, 3.63) is 30.3 Å². The first-order valence-corrected chi connectivity index (χ1v) is 7.28. The molecule has 0 aliphatic rings. The molecule has 0 fully saturated rings. The normalized spacial score (nSPS) is 13.4. The van der Waals surface area contributed by atoms with Gasteiger partial charge >= 0.3 is 10.1 Å². The summed E-state index contributed by atoms with van der Waals surface area (Å²) in [6.07, 6.45) is 0. The average Bonchev–Trinajstić information content (AvgIpc) is 2.26. The quantitative estimate of drug-likeness (QED) is 0.642. The molecule has 0 bridgehead atoms. The summed E-state index contributed by atoms with van der Waals surface area (Å²) in [5.41, 5.74) is 0. The highest BCUT2D eigenvalue weighted by atomic mass is 79.9. The molecule has 0 heterocycles. The molecule has 0 saturated carbocycles. The van der Waals surface area contributed by atoms with E-state index in [-0.39, 0.29) is 0 Å². The molecule has 0 aromatic heterocycles. The summed E-state index contributed by atoms with van der Waals surface area (Å²) in [6, 6.07) is 8.44. The van der Waals surface area contributed by atoms with Crippen molar-refractivity contribution < 1.29 is 12.6 Å². The molecule has 1 atom stereocenters. The van der Waals surface area contributed by atoms with Crippen molar-refractivity contribution in [2.45, 2.75) is 11.1 Å². The minimum absolute atomic E-state index is 0.311. The van der Waals surface area contributed by atoms with Gasteiger partial charge in [0.25, 0.3) is 0 Å². The molecule has 0 aliphatic carbocycles. The fourth-order valence-electron chi connectivity index (χ4n) is 1.02. The Balaban J connectivity index is 2.65. The van der Waals surface area contributed by atoms with Gasteiger partial charge in [-0.25, -0.2) is 0 Å². The minimum atomic E-state index is -3.63. The number of benzene rings is 1. The van der Waals surface area contributed by atoms with Crippen LogP contribution in [0.4, 0.5) is 0 Å². The van der Waals surface area contributed by atoms with Crippen LogP contribution in [0.15, 0.2) is 30.3 Å². The molecule has 0 saturated heterocycles. The van der Waals surface area contributed by atoms with E-state index in [9.17, 15) is 8.42 Å². The highest BCUT2D eigenvalue weighted by Crippen LogP contribution is 2.17. The van der Waals surface area contributed by atoms with Crippen molar-refractivity contribution in [1.29, 1.82) is 0 Å². The van der Waals surface area contributed by atoms with Gasteiger partial charge in [-0.15, -0.1) is 0 Å². The molecule has 0 amide bonds. The lowest BCUT2D eigenvalue weighted by Gasteiger charge is -2.12. The van der Waals surface area contributed by atoms with Gasteiger partial charge in [0.15, 0.2) is 4.16 Å². The lowest BCUT2D eigenvalue weighted by Crippen LogP contribution is -2.31. The van der Waals surface area contributed by atoms with Crippen LogP contribution in [0.1, 0.15) is 6.92 Å². The Morgan fingerprint density at radius 2 is 2.00 bits per heavy atom. The molecule has 1 rings (SSSR count). The maximum absolute atomic E-state index is 11.7. The van der Waals surface area contributed by atoms with Gasteiger partial charge in [-0.2, -0.15) is 8.42 Å². The van der Waals surface area contributed by atoms with Gasteiger partial charge in [0.05, 0.1) is 0 Å². The summed E-state index contributed by atoms with van der Waals surface area (Å²) < 4.78 is 27.6. The number of hydrogen-bond acceptors (Lipinski definition) is 4. The number of halogens is 1. The summed E-state index contributed by atoms with van der Waals surface area (Å²) in [5.74, 6) is 0.323. The second-order valence-corrected chi connectivity index (χ2v) is 6.54. The van der Waals surface area contributed by atoms with Crippen LogP contribution in [0.5, 0.6) is 5.75 Å². The Morgan fingerprint density at radius 1 is 1.38 bits per heavy atom. The fourth-order valence-corrected chi connectivity index (χ4v) is 2.29. The topological polar surface area (TPSA) is 55.4 Å². The van der Waals surface area contributed by atoms with E-state index < -0.39 is 14.3 Å². The molecule has 1 unspecified atom stereocenters. The molecule has 0 radical (unpaired) electrons. The third-order valence-corrected chi connectivity index (χ3v) is 4.74. The predicted molar refractivity (Wildman–Crippen MR) is 67.2 cm³/mol. The molecule has 0 spiro atoms. The highest BCUT2D eigenvalue weighted by molar-refractivity contribution is 9.11. The van der Waals surface area contributed by atoms with Crippen molar-refractivity contribution in [3.63, 3.8) is 0 Å². The largest absolute Gasteiger partial charge is 0.382 e. The van der Waals surface area contributed by atoms with Gasteiger partial charge in [-0.3, -0.25) is 0 Å². The van der Waals surface area contributed by atoms with E-state index in [2.05, 4.69) is 21.2 Å². The Bertz CT molecular complexity index is 407. The molecule has 0 aliphatic heterocycles. The van der Waals surface area contributed by atoms with Crippen molar-refractivity contribution in [1.82, 2.24) is 5.32 Å². The van der Waals surface area contributed by atoms with Crippen molar-refractivity contribution >= 4 is 26.0 Å². The maximum Gasteiger partial charge on any atom is 0.323 e. The minimum Gasteiger partial charge on any atom is -0.382 e. The van der Waals surface area contributed by atoms with Gasteiger partial charge in [0.1, 0.15) is 5.75 Å². The second-order valence-electron chi connectivity index (χ2n) is 3.11. The molecular weight excluding hydrogens is 294 g/mol. The van der Waals surface area contributed by atoms with Crippen LogP contribution in [0.25, 0.3) is 0 Å². The van der Waals surface area contributed by atoms with E-state index in [4.69, 9.17) is 4.18 Å². The highest BCUT2D eigenvalue weighted by Gasteiger charge is 2.24. The number of rotatable bonds is 6. The summed E-state index contributed by atoms with van der Waals surface area (Å²) in [7, 11) is -3.63. The van der Waals surface area contributed by atoms with E-state index in [1.807, 2.05) is 6.92 Å². The fraction of sp³-hybridized carbons (Fsp3) is 0.400.